The van der Waals surface area contributed by atoms with Gasteiger partial charge in [0.25, 0.3) is 0 Å². The molecule has 1 N–H and O–H groups in total. The van der Waals surface area contributed by atoms with Crippen LogP contribution in [-0.2, 0) is 6.54 Å². The van der Waals surface area contributed by atoms with Gasteiger partial charge in [-0.15, -0.1) is 0 Å². The number of nitrogens with one attached hydrogen (secondary N) is 1. The molecule has 1 aliphatic heterocycles. The van der Waals surface area contributed by atoms with Crippen molar-refractivity contribution in [3.05, 3.63) is 27.7 Å². The number of likely N-dealkylation sites (tertiary alicyclic amines) is 1. The van der Waals surface area contributed by atoms with Gasteiger partial charge in [0.05, 0.1) is 16.1 Å². The molecule has 1 saturated heterocycles. The summed E-state index contributed by atoms with van der Waals surface area (Å²) in [4.78, 5) is 5.50. The smallest absolute Gasteiger partial charge is 0.178 e. The SMILES string of the molecule is CCN1CCC(Cn2c(=S)[nH]c3cc(F)c(Cl)cc32)C1. The summed E-state index contributed by atoms with van der Waals surface area (Å²) in [5, 5.41) is 0.141. The fourth-order valence-corrected chi connectivity index (χ4v) is 3.38. The van der Waals surface area contributed by atoms with Gasteiger partial charge in [-0.25, -0.2) is 4.39 Å². The van der Waals surface area contributed by atoms with Crippen LogP contribution >= 0.6 is 23.8 Å². The van der Waals surface area contributed by atoms with E-state index >= 15 is 0 Å². The van der Waals surface area contributed by atoms with Crippen molar-refractivity contribution in [3.63, 3.8) is 0 Å². The van der Waals surface area contributed by atoms with Crippen LogP contribution in [0.25, 0.3) is 11.0 Å². The van der Waals surface area contributed by atoms with Gasteiger partial charge in [-0.1, -0.05) is 18.5 Å². The molecule has 3 nitrogen and oxygen atoms in total. The molecule has 1 unspecified atom stereocenters. The van der Waals surface area contributed by atoms with E-state index in [4.69, 9.17) is 23.8 Å². The monoisotopic (exact) mass is 313 g/mol. The number of fused-ring (bicyclic) bond motifs is 1. The summed E-state index contributed by atoms with van der Waals surface area (Å²) in [6.07, 6.45) is 1.18. The predicted molar refractivity (Wildman–Crippen MR) is 82.3 cm³/mol. The van der Waals surface area contributed by atoms with E-state index in [1.165, 1.54) is 12.5 Å². The van der Waals surface area contributed by atoms with E-state index in [9.17, 15) is 4.39 Å². The van der Waals surface area contributed by atoms with Gasteiger partial charge in [-0.05, 0) is 43.7 Å². The minimum absolute atomic E-state index is 0.141. The van der Waals surface area contributed by atoms with Gasteiger partial charge in [-0.3, -0.25) is 0 Å². The lowest BCUT2D eigenvalue weighted by atomic mass is 10.1. The fourth-order valence-electron chi connectivity index (χ4n) is 2.94. The van der Waals surface area contributed by atoms with Crippen LogP contribution < -0.4 is 0 Å². The first-order valence-corrected chi connectivity index (χ1v) is 7.67. The normalized spacial score (nSPS) is 20.1. The molecule has 3 rings (SSSR count). The highest BCUT2D eigenvalue weighted by atomic mass is 35.5. The van der Waals surface area contributed by atoms with Gasteiger partial charge >= 0.3 is 0 Å². The highest BCUT2D eigenvalue weighted by molar-refractivity contribution is 7.71. The molecule has 2 aromatic rings. The van der Waals surface area contributed by atoms with Crippen LogP contribution in [0.1, 0.15) is 13.3 Å². The zero-order chi connectivity index (χ0) is 14.3. The van der Waals surface area contributed by atoms with Crippen molar-refractivity contribution < 1.29 is 4.39 Å². The molecule has 2 heterocycles. The van der Waals surface area contributed by atoms with E-state index in [0.717, 1.165) is 31.7 Å². The van der Waals surface area contributed by atoms with Gasteiger partial charge in [0.1, 0.15) is 5.82 Å². The van der Waals surface area contributed by atoms with E-state index in [-0.39, 0.29) is 5.02 Å². The second-order valence-corrected chi connectivity index (χ2v) is 6.17. The Morgan fingerprint density at radius 3 is 3.00 bits per heavy atom. The highest BCUT2D eigenvalue weighted by Crippen LogP contribution is 2.25. The van der Waals surface area contributed by atoms with Gasteiger partial charge in [-0.2, -0.15) is 0 Å². The Balaban J connectivity index is 1.93. The molecule has 0 amide bonds. The Labute approximate surface area is 127 Å². The maximum Gasteiger partial charge on any atom is 0.178 e. The van der Waals surface area contributed by atoms with Crippen LogP contribution in [0.3, 0.4) is 0 Å². The molecule has 108 valence electrons. The van der Waals surface area contributed by atoms with Crippen LogP contribution in [0.15, 0.2) is 12.1 Å². The first-order chi connectivity index (χ1) is 9.58. The number of halogens is 2. The molecule has 20 heavy (non-hydrogen) atoms. The maximum atomic E-state index is 13.5. The maximum absolute atomic E-state index is 13.5. The molecule has 1 aromatic heterocycles. The standard InChI is InChI=1S/C14H17ClFN3S/c1-2-18-4-3-9(7-18)8-19-13-5-10(15)11(16)6-12(13)17-14(19)20/h5-6,9H,2-4,7-8H2,1H3,(H,17,20). The number of imidazole rings is 1. The Hall–Kier alpha value is -0.910. The Morgan fingerprint density at radius 2 is 2.30 bits per heavy atom. The average molecular weight is 314 g/mol. The van der Waals surface area contributed by atoms with Crippen molar-refractivity contribution >= 4 is 34.9 Å². The van der Waals surface area contributed by atoms with Crippen molar-refractivity contribution in [2.45, 2.75) is 19.9 Å². The first-order valence-electron chi connectivity index (χ1n) is 6.88. The Kier molecular flexibility index (Phi) is 3.84. The summed E-state index contributed by atoms with van der Waals surface area (Å²) in [7, 11) is 0. The van der Waals surface area contributed by atoms with E-state index in [1.54, 1.807) is 6.07 Å². The summed E-state index contributed by atoms with van der Waals surface area (Å²) < 4.78 is 16.2. The average Bonchev–Trinajstić information content (AvgIpc) is 2.98. The lowest BCUT2D eigenvalue weighted by Gasteiger charge is -2.14. The van der Waals surface area contributed by atoms with Crippen molar-refractivity contribution in [1.82, 2.24) is 14.5 Å². The molecule has 0 radical (unpaired) electrons. The molecular weight excluding hydrogens is 297 g/mol. The molecule has 0 bridgehead atoms. The zero-order valence-corrected chi connectivity index (χ0v) is 12.9. The topological polar surface area (TPSA) is 24.0 Å². The molecule has 1 fully saturated rings. The number of rotatable bonds is 3. The number of hydrogen-bond donors (Lipinski definition) is 1. The Bertz CT molecular complexity index is 694. The molecular formula is C14H17ClFN3S. The third kappa shape index (κ3) is 2.50. The second-order valence-electron chi connectivity index (χ2n) is 5.37. The van der Waals surface area contributed by atoms with Crippen LogP contribution in [0.2, 0.25) is 5.02 Å². The minimum atomic E-state index is -0.416. The number of hydrogen-bond acceptors (Lipinski definition) is 2. The van der Waals surface area contributed by atoms with Crippen LogP contribution in [0.5, 0.6) is 0 Å². The highest BCUT2D eigenvalue weighted by Gasteiger charge is 2.22. The third-order valence-corrected chi connectivity index (χ3v) is 4.69. The zero-order valence-electron chi connectivity index (χ0n) is 11.3. The fraction of sp³-hybridized carbons (Fsp3) is 0.500. The molecule has 1 aliphatic rings. The van der Waals surface area contributed by atoms with Crippen molar-refractivity contribution in [2.75, 3.05) is 19.6 Å². The quantitative estimate of drug-likeness (QED) is 0.871. The molecule has 0 spiro atoms. The molecule has 1 aromatic carbocycles. The predicted octanol–water partition coefficient (Wildman–Crippen LogP) is 3.83. The van der Waals surface area contributed by atoms with Gasteiger partial charge in [0.2, 0.25) is 0 Å². The first kappa shape index (κ1) is 14.0. The lowest BCUT2D eigenvalue weighted by Crippen LogP contribution is -2.21. The number of nitrogens with zero attached hydrogens (tertiary/aromatic N) is 2. The molecule has 6 heteroatoms. The van der Waals surface area contributed by atoms with Crippen molar-refractivity contribution in [1.29, 1.82) is 0 Å². The van der Waals surface area contributed by atoms with Crippen LogP contribution in [0, 0.1) is 16.5 Å². The third-order valence-electron chi connectivity index (χ3n) is 4.07. The van der Waals surface area contributed by atoms with E-state index in [2.05, 4.69) is 16.8 Å². The summed E-state index contributed by atoms with van der Waals surface area (Å²) in [5.74, 6) is 0.171. The van der Waals surface area contributed by atoms with Crippen LogP contribution in [0.4, 0.5) is 4.39 Å². The number of H-pyrrole nitrogens is 1. The summed E-state index contributed by atoms with van der Waals surface area (Å²) in [5.41, 5.74) is 1.60. The van der Waals surface area contributed by atoms with Gasteiger partial charge < -0.3 is 14.5 Å². The van der Waals surface area contributed by atoms with E-state index < -0.39 is 5.82 Å². The second kappa shape index (κ2) is 5.47. The summed E-state index contributed by atoms with van der Waals surface area (Å²) in [6.45, 7) is 6.37. The summed E-state index contributed by atoms with van der Waals surface area (Å²) in [6, 6.07) is 3.07. The summed E-state index contributed by atoms with van der Waals surface area (Å²) >= 11 is 11.2. The van der Waals surface area contributed by atoms with Crippen molar-refractivity contribution in [3.8, 4) is 0 Å². The number of aromatic nitrogens is 2. The molecule has 0 saturated carbocycles. The van der Waals surface area contributed by atoms with Gasteiger partial charge in [0, 0.05) is 19.2 Å². The largest absolute Gasteiger partial charge is 0.330 e. The lowest BCUT2D eigenvalue weighted by molar-refractivity contribution is 0.333. The Morgan fingerprint density at radius 1 is 1.50 bits per heavy atom. The van der Waals surface area contributed by atoms with Gasteiger partial charge in [0.15, 0.2) is 4.77 Å². The van der Waals surface area contributed by atoms with E-state index in [0.29, 0.717) is 16.2 Å². The van der Waals surface area contributed by atoms with Crippen molar-refractivity contribution in [2.24, 2.45) is 5.92 Å². The van der Waals surface area contributed by atoms with Crippen LogP contribution in [-0.4, -0.2) is 34.1 Å². The molecule has 1 atom stereocenters. The number of aromatic amines is 1. The number of benzene rings is 1. The van der Waals surface area contributed by atoms with E-state index in [1.807, 2.05) is 4.57 Å². The minimum Gasteiger partial charge on any atom is -0.330 e. The molecule has 0 aliphatic carbocycles.